The summed E-state index contributed by atoms with van der Waals surface area (Å²) in [6.45, 7) is 8.79. The molecule has 0 unspecified atom stereocenters. The quantitative estimate of drug-likeness (QED) is 0.437. The summed E-state index contributed by atoms with van der Waals surface area (Å²) in [7, 11) is 1.00. The van der Waals surface area contributed by atoms with E-state index < -0.39 is 0 Å². The molecule has 0 aromatic carbocycles. The lowest BCUT2D eigenvalue weighted by atomic mass is 9.90. The second-order valence-electron chi connectivity index (χ2n) is 8.19. The number of thioether (sulfide) groups is 1. The number of nitrogens with two attached hydrogens (primary N) is 1. The van der Waals surface area contributed by atoms with Gasteiger partial charge in [-0.05, 0) is 31.2 Å². The van der Waals surface area contributed by atoms with Gasteiger partial charge in [-0.1, -0.05) is 37.4 Å². The predicted octanol–water partition coefficient (Wildman–Crippen LogP) is 3.83. The Labute approximate surface area is 215 Å². The first-order valence-corrected chi connectivity index (χ1v) is 12.8. The standard InChI is InChI=1S/C25H30N6O2S.CH4O/c1-4-21(34-6-3)20-8-7-17(13-27-20)18-14-28-31-24(26)19(15-32)23(29-25(18)31)16-9-11-30(12-10-16)22(33)5-2;1-2/h4,6-8,13-14,16,32H,3,5,9-12,15,26H2,1-2H3;2H,1H3/b21-4-;. The lowest BCUT2D eigenvalue weighted by Gasteiger charge is -2.32. The number of nitrogen functional groups attached to an aromatic ring is 1. The van der Waals surface area contributed by atoms with Crippen LogP contribution in [0.5, 0.6) is 0 Å². The lowest BCUT2D eigenvalue weighted by molar-refractivity contribution is -0.131. The van der Waals surface area contributed by atoms with E-state index in [4.69, 9.17) is 15.8 Å². The fraction of sp³-hybridized carbons (Fsp3) is 0.385. The molecule has 4 N–H and O–H groups in total. The van der Waals surface area contributed by atoms with Crippen LogP contribution in [0.1, 0.15) is 56.0 Å². The summed E-state index contributed by atoms with van der Waals surface area (Å²) in [6, 6.07) is 3.97. The molecule has 0 radical (unpaired) electrons. The third kappa shape index (κ3) is 5.45. The molecular weight excluding hydrogens is 476 g/mol. The summed E-state index contributed by atoms with van der Waals surface area (Å²) in [4.78, 5) is 24.6. The minimum Gasteiger partial charge on any atom is -0.400 e. The van der Waals surface area contributed by atoms with Crippen LogP contribution in [-0.2, 0) is 11.4 Å². The number of carbonyl (C=O) groups is 1. The number of allylic oxidation sites excluding steroid dienone is 1. The first-order valence-electron chi connectivity index (χ1n) is 11.9. The van der Waals surface area contributed by atoms with Crippen LogP contribution in [0.2, 0.25) is 0 Å². The van der Waals surface area contributed by atoms with Crippen molar-refractivity contribution in [3.05, 3.63) is 59.5 Å². The molecule has 1 saturated heterocycles. The average molecular weight is 511 g/mol. The van der Waals surface area contributed by atoms with Crippen LogP contribution in [0.25, 0.3) is 21.7 Å². The molecule has 4 heterocycles. The molecule has 36 heavy (non-hydrogen) atoms. The zero-order valence-corrected chi connectivity index (χ0v) is 21.8. The van der Waals surface area contributed by atoms with Gasteiger partial charge in [0.15, 0.2) is 5.65 Å². The molecule has 9 nitrogen and oxygen atoms in total. The third-order valence-corrected chi connectivity index (χ3v) is 7.18. The van der Waals surface area contributed by atoms with E-state index in [-0.39, 0.29) is 18.4 Å². The Morgan fingerprint density at radius 1 is 1.28 bits per heavy atom. The predicted molar refractivity (Wildman–Crippen MR) is 145 cm³/mol. The fourth-order valence-corrected chi connectivity index (χ4v) is 5.02. The molecule has 4 rings (SSSR count). The van der Waals surface area contributed by atoms with E-state index in [1.807, 2.05) is 43.2 Å². The summed E-state index contributed by atoms with van der Waals surface area (Å²) in [5.41, 5.74) is 11.1. The van der Waals surface area contributed by atoms with Crippen molar-refractivity contribution in [3.63, 3.8) is 0 Å². The molecule has 1 aliphatic rings. The van der Waals surface area contributed by atoms with Crippen molar-refractivity contribution < 1.29 is 15.0 Å². The number of rotatable bonds is 7. The number of aromatic nitrogens is 4. The Morgan fingerprint density at radius 3 is 2.56 bits per heavy atom. The van der Waals surface area contributed by atoms with Crippen molar-refractivity contribution in [1.29, 1.82) is 0 Å². The Kier molecular flexibility index (Phi) is 9.63. The van der Waals surface area contributed by atoms with Crippen molar-refractivity contribution in [3.8, 4) is 11.1 Å². The number of anilines is 1. The van der Waals surface area contributed by atoms with Gasteiger partial charge in [-0.25, -0.2) is 4.98 Å². The number of nitrogens with zero attached hydrogens (tertiary/aromatic N) is 5. The number of hydrogen-bond acceptors (Lipinski definition) is 8. The Balaban J connectivity index is 0.00000176. The highest BCUT2D eigenvalue weighted by molar-refractivity contribution is 8.10. The van der Waals surface area contributed by atoms with Crippen molar-refractivity contribution in [2.45, 2.75) is 45.6 Å². The van der Waals surface area contributed by atoms with Crippen LogP contribution < -0.4 is 5.73 Å². The summed E-state index contributed by atoms with van der Waals surface area (Å²) in [5.74, 6) is 0.682. The first-order chi connectivity index (χ1) is 17.5. The van der Waals surface area contributed by atoms with E-state index in [1.54, 1.807) is 16.1 Å². The zero-order chi connectivity index (χ0) is 26.2. The van der Waals surface area contributed by atoms with Crippen molar-refractivity contribution in [2.24, 2.45) is 0 Å². The van der Waals surface area contributed by atoms with Gasteiger partial charge in [0, 0.05) is 60.3 Å². The van der Waals surface area contributed by atoms with Crippen LogP contribution in [0.3, 0.4) is 0 Å². The number of pyridine rings is 1. The molecule has 192 valence electrons. The molecule has 0 spiro atoms. The molecule has 3 aromatic rings. The van der Waals surface area contributed by atoms with Gasteiger partial charge in [0.2, 0.25) is 5.91 Å². The topological polar surface area (TPSA) is 130 Å². The Hall–Kier alpha value is -3.21. The monoisotopic (exact) mass is 510 g/mol. The maximum Gasteiger partial charge on any atom is 0.222 e. The van der Waals surface area contributed by atoms with Crippen LogP contribution >= 0.6 is 11.8 Å². The fourth-order valence-electron chi connectivity index (χ4n) is 4.46. The lowest BCUT2D eigenvalue weighted by Crippen LogP contribution is -2.37. The van der Waals surface area contributed by atoms with Crippen LogP contribution in [0, 0.1) is 0 Å². The highest BCUT2D eigenvalue weighted by Gasteiger charge is 2.28. The normalized spacial score (nSPS) is 14.5. The van der Waals surface area contributed by atoms with E-state index >= 15 is 0 Å². The van der Waals surface area contributed by atoms with Crippen molar-refractivity contribution >= 4 is 34.0 Å². The molecule has 10 heteroatoms. The third-order valence-electron chi connectivity index (χ3n) is 6.31. The second-order valence-corrected chi connectivity index (χ2v) is 9.20. The molecule has 1 aliphatic heterocycles. The SMILES string of the molecule is C=CS/C(=C\C)c1ccc(-c2cnn3c(N)c(CO)c(C4CCN(C(=O)CC)CC4)nc23)cn1.CO. The van der Waals surface area contributed by atoms with Gasteiger partial charge in [0.05, 0.1) is 24.2 Å². The van der Waals surface area contributed by atoms with E-state index in [2.05, 4.69) is 16.7 Å². The first kappa shape index (κ1) is 27.4. The zero-order valence-electron chi connectivity index (χ0n) is 21.0. The number of hydrogen-bond donors (Lipinski definition) is 3. The van der Waals surface area contributed by atoms with Crippen LogP contribution in [0.15, 0.2) is 42.6 Å². The molecular formula is C26H34N6O3S. The van der Waals surface area contributed by atoms with E-state index in [0.717, 1.165) is 47.4 Å². The van der Waals surface area contributed by atoms with Gasteiger partial charge in [0.25, 0.3) is 0 Å². The molecule has 3 aromatic heterocycles. The van der Waals surface area contributed by atoms with Crippen LogP contribution in [-0.4, -0.2) is 60.8 Å². The number of aliphatic hydroxyl groups excluding tert-OH is 2. The number of fused-ring (bicyclic) bond motifs is 1. The summed E-state index contributed by atoms with van der Waals surface area (Å²) < 4.78 is 1.58. The van der Waals surface area contributed by atoms with Gasteiger partial charge in [-0.15, -0.1) is 0 Å². The van der Waals surface area contributed by atoms with Gasteiger partial charge < -0.3 is 20.8 Å². The van der Waals surface area contributed by atoms with Crippen molar-refractivity contribution in [2.75, 3.05) is 25.9 Å². The number of amides is 1. The molecule has 0 bridgehead atoms. The number of carbonyl (C=O) groups excluding carboxylic acids is 1. The maximum atomic E-state index is 12.1. The molecule has 0 atom stereocenters. The van der Waals surface area contributed by atoms with Gasteiger partial charge >= 0.3 is 0 Å². The van der Waals surface area contributed by atoms with E-state index in [0.29, 0.717) is 36.5 Å². The molecule has 1 amide bonds. The number of likely N-dealkylation sites (tertiary alicyclic amines) is 1. The molecule has 1 fully saturated rings. The highest BCUT2D eigenvalue weighted by Crippen LogP contribution is 2.35. The Morgan fingerprint density at radius 2 is 2.00 bits per heavy atom. The van der Waals surface area contributed by atoms with Crippen molar-refractivity contribution in [1.82, 2.24) is 24.5 Å². The molecule has 0 aliphatic carbocycles. The smallest absolute Gasteiger partial charge is 0.222 e. The summed E-state index contributed by atoms with van der Waals surface area (Å²) in [5, 5.41) is 23.3. The number of aliphatic hydroxyl groups is 2. The van der Waals surface area contributed by atoms with Gasteiger partial charge in [-0.3, -0.25) is 9.78 Å². The van der Waals surface area contributed by atoms with E-state index in [1.165, 1.54) is 11.8 Å². The minimum atomic E-state index is -0.212. The minimum absolute atomic E-state index is 0.117. The highest BCUT2D eigenvalue weighted by atomic mass is 32.2. The van der Waals surface area contributed by atoms with Gasteiger partial charge in [-0.2, -0.15) is 9.61 Å². The molecule has 0 saturated carbocycles. The largest absolute Gasteiger partial charge is 0.400 e. The van der Waals surface area contributed by atoms with E-state index in [9.17, 15) is 9.90 Å². The van der Waals surface area contributed by atoms with Crippen LogP contribution in [0.4, 0.5) is 5.82 Å². The summed E-state index contributed by atoms with van der Waals surface area (Å²) in [6.07, 6.45) is 7.64. The average Bonchev–Trinajstić information content (AvgIpc) is 3.37. The maximum absolute atomic E-state index is 12.1. The Bertz CT molecular complexity index is 1230. The second kappa shape index (κ2) is 12.7. The van der Waals surface area contributed by atoms with Gasteiger partial charge in [0.1, 0.15) is 5.82 Å². The number of piperidine rings is 1. The summed E-state index contributed by atoms with van der Waals surface area (Å²) >= 11 is 1.53.